The Kier molecular flexibility index (Phi) is 5.92. The third kappa shape index (κ3) is 5.05. The molecule has 0 amide bonds. The molecule has 0 aliphatic rings. The number of aromatic nitrogens is 1. The molecule has 0 aliphatic heterocycles. The Hall–Kier alpha value is -1.32. The van der Waals surface area contributed by atoms with Gasteiger partial charge in [-0.25, -0.2) is 0 Å². The molecule has 0 atom stereocenters. The molecule has 1 aromatic carbocycles. The molecule has 0 bridgehead atoms. The van der Waals surface area contributed by atoms with Gasteiger partial charge in [-0.2, -0.15) is 0 Å². The molecule has 2 rings (SSSR count). The van der Waals surface area contributed by atoms with Crippen molar-refractivity contribution in [3.8, 4) is 0 Å². The van der Waals surface area contributed by atoms with E-state index in [1.807, 2.05) is 30.1 Å². The summed E-state index contributed by atoms with van der Waals surface area (Å²) in [7, 11) is 0. The standard InChI is InChI=1S/C16H20N2S/c1-2-10-17-12-14-6-8-16(9-7-14)19-13-15-5-3-4-11-18-15/h3-9,11,17H,2,10,12-13H2,1H3. The van der Waals surface area contributed by atoms with E-state index in [-0.39, 0.29) is 0 Å². The molecule has 2 aromatic rings. The molecule has 2 nitrogen and oxygen atoms in total. The third-order valence-electron chi connectivity index (χ3n) is 2.79. The first-order valence-electron chi connectivity index (χ1n) is 6.71. The summed E-state index contributed by atoms with van der Waals surface area (Å²) in [4.78, 5) is 5.63. The minimum Gasteiger partial charge on any atom is -0.313 e. The first-order valence-corrected chi connectivity index (χ1v) is 7.69. The number of benzene rings is 1. The van der Waals surface area contributed by atoms with E-state index >= 15 is 0 Å². The molecule has 0 unspecified atom stereocenters. The van der Waals surface area contributed by atoms with Gasteiger partial charge in [0.25, 0.3) is 0 Å². The van der Waals surface area contributed by atoms with Gasteiger partial charge in [0, 0.05) is 23.4 Å². The van der Waals surface area contributed by atoms with E-state index in [9.17, 15) is 0 Å². The normalized spacial score (nSPS) is 10.6. The van der Waals surface area contributed by atoms with Crippen LogP contribution >= 0.6 is 11.8 Å². The van der Waals surface area contributed by atoms with Crippen molar-refractivity contribution >= 4 is 11.8 Å². The molecular weight excluding hydrogens is 252 g/mol. The third-order valence-corrected chi connectivity index (χ3v) is 3.84. The number of thioether (sulfide) groups is 1. The predicted molar refractivity (Wildman–Crippen MR) is 82.2 cm³/mol. The lowest BCUT2D eigenvalue weighted by Crippen LogP contribution is -2.13. The number of hydrogen-bond acceptors (Lipinski definition) is 3. The summed E-state index contributed by atoms with van der Waals surface area (Å²) < 4.78 is 0. The van der Waals surface area contributed by atoms with Gasteiger partial charge in [-0.15, -0.1) is 11.8 Å². The van der Waals surface area contributed by atoms with Gasteiger partial charge in [0.15, 0.2) is 0 Å². The number of nitrogens with zero attached hydrogens (tertiary/aromatic N) is 1. The minimum atomic E-state index is 0.925. The van der Waals surface area contributed by atoms with E-state index in [2.05, 4.69) is 47.6 Å². The summed E-state index contributed by atoms with van der Waals surface area (Å²) in [6.45, 7) is 4.22. The monoisotopic (exact) mass is 272 g/mol. The van der Waals surface area contributed by atoms with Crippen molar-refractivity contribution < 1.29 is 0 Å². The molecule has 1 N–H and O–H groups in total. The maximum atomic E-state index is 4.33. The second-order valence-corrected chi connectivity index (χ2v) is 5.48. The zero-order valence-corrected chi connectivity index (χ0v) is 12.1. The van der Waals surface area contributed by atoms with Crippen LogP contribution in [0, 0.1) is 0 Å². The SMILES string of the molecule is CCCNCc1ccc(SCc2ccccn2)cc1. The van der Waals surface area contributed by atoms with Crippen LogP contribution in [0.2, 0.25) is 0 Å². The fourth-order valence-electron chi connectivity index (χ4n) is 1.75. The Bertz CT molecular complexity index is 468. The molecule has 0 radical (unpaired) electrons. The van der Waals surface area contributed by atoms with E-state index in [0.717, 1.165) is 24.5 Å². The van der Waals surface area contributed by atoms with Gasteiger partial charge in [0.1, 0.15) is 0 Å². The molecule has 19 heavy (non-hydrogen) atoms. The van der Waals surface area contributed by atoms with Crippen molar-refractivity contribution in [2.45, 2.75) is 30.5 Å². The Morgan fingerprint density at radius 3 is 2.63 bits per heavy atom. The highest BCUT2D eigenvalue weighted by molar-refractivity contribution is 7.98. The zero-order valence-electron chi connectivity index (χ0n) is 11.3. The van der Waals surface area contributed by atoms with Gasteiger partial charge in [-0.3, -0.25) is 4.98 Å². The highest BCUT2D eigenvalue weighted by atomic mass is 32.2. The van der Waals surface area contributed by atoms with Crippen molar-refractivity contribution in [1.29, 1.82) is 0 Å². The van der Waals surface area contributed by atoms with Gasteiger partial charge in [0.05, 0.1) is 5.69 Å². The Morgan fingerprint density at radius 2 is 1.95 bits per heavy atom. The van der Waals surface area contributed by atoms with Crippen LogP contribution in [0.3, 0.4) is 0 Å². The minimum absolute atomic E-state index is 0.925. The predicted octanol–water partition coefficient (Wildman–Crippen LogP) is 3.87. The summed E-state index contributed by atoms with van der Waals surface area (Å²) in [6.07, 6.45) is 3.02. The van der Waals surface area contributed by atoms with Crippen molar-refractivity contribution in [2.75, 3.05) is 6.54 Å². The van der Waals surface area contributed by atoms with Gasteiger partial charge in [-0.05, 0) is 42.8 Å². The van der Waals surface area contributed by atoms with Crippen molar-refractivity contribution in [3.05, 3.63) is 59.9 Å². The number of pyridine rings is 1. The average molecular weight is 272 g/mol. The zero-order chi connectivity index (χ0) is 13.3. The molecule has 0 saturated heterocycles. The maximum absolute atomic E-state index is 4.33. The molecule has 1 heterocycles. The van der Waals surface area contributed by atoms with Gasteiger partial charge in [0.2, 0.25) is 0 Å². The van der Waals surface area contributed by atoms with E-state index in [0.29, 0.717) is 0 Å². The van der Waals surface area contributed by atoms with E-state index in [1.165, 1.54) is 16.9 Å². The molecular formula is C16H20N2S. The van der Waals surface area contributed by atoms with Gasteiger partial charge in [-0.1, -0.05) is 25.1 Å². The number of nitrogens with one attached hydrogen (secondary N) is 1. The summed E-state index contributed by atoms with van der Waals surface area (Å²) in [5.74, 6) is 0.925. The summed E-state index contributed by atoms with van der Waals surface area (Å²) in [5.41, 5.74) is 2.47. The lowest BCUT2D eigenvalue weighted by atomic mass is 10.2. The fourth-order valence-corrected chi connectivity index (χ4v) is 2.57. The van der Waals surface area contributed by atoms with Crippen molar-refractivity contribution in [1.82, 2.24) is 10.3 Å². The van der Waals surface area contributed by atoms with Crippen LogP contribution in [0.4, 0.5) is 0 Å². The first-order chi connectivity index (χ1) is 9.38. The Morgan fingerprint density at radius 1 is 1.11 bits per heavy atom. The summed E-state index contributed by atoms with van der Waals surface area (Å²) in [6, 6.07) is 14.8. The number of hydrogen-bond donors (Lipinski definition) is 1. The van der Waals surface area contributed by atoms with E-state index in [1.54, 1.807) is 0 Å². The second kappa shape index (κ2) is 7.97. The molecule has 100 valence electrons. The Labute approximate surface area is 119 Å². The quantitative estimate of drug-likeness (QED) is 0.612. The highest BCUT2D eigenvalue weighted by Gasteiger charge is 1.98. The lowest BCUT2D eigenvalue weighted by Gasteiger charge is -2.05. The van der Waals surface area contributed by atoms with Gasteiger partial charge >= 0.3 is 0 Å². The van der Waals surface area contributed by atoms with Crippen LogP contribution in [0.5, 0.6) is 0 Å². The smallest absolute Gasteiger partial charge is 0.0506 e. The molecule has 0 saturated carbocycles. The molecule has 0 fully saturated rings. The van der Waals surface area contributed by atoms with Crippen molar-refractivity contribution in [2.24, 2.45) is 0 Å². The van der Waals surface area contributed by atoms with Crippen LogP contribution in [-0.4, -0.2) is 11.5 Å². The highest BCUT2D eigenvalue weighted by Crippen LogP contribution is 2.22. The topological polar surface area (TPSA) is 24.9 Å². The summed E-state index contributed by atoms with van der Waals surface area (Å²) in [5, 5.41) is 3.41. The van der Waals surface area contributed by atoms with Crippen LogP contribution in [0.25, 0.3) is 0 Å². The van der Waals surface area contributed by atoms with Crippen molar-refractivity contribution in [3.63, 3.8) is 0 Å². The summed E-state index contributed by atoms with van der Waals surface area (Å²) >= 11 is 1.83. The average Bonchev–Trinajstić information content (AvgIpc) is 2.48. The van der Waals surface area contributed by atoms with Gasteiger partial charge < -0.3 is 5.32 Å². The molecule has 0 spiro atoms. The van der Waals surface area contributed by atoms with Crippen LogP contribution in [0.1, 0.15) is 24.6 Å². The maximum Gasteiger partial charge on any atom is 0.0506 e. The van der Waals surface area contributed by atoms with E-state index in [4.69, 9.17) is 0 Å². The largest absolute Gasteiger partial charge is 0.313 e. The number of rotatable bonds is 7. The lowest BCUT2D eigenvalue weighted by molar-refractivity contribution is 0.675. The van der Waals surface area contributed by atoms with Crippen LogP contribution in [0.15, 0.2) is 53.6 Å². The van der Waals surface area contributed by atoms with E-state index < -0.39 is 0 Å². The molecule has 0 aliphatic carbocycles. The van der Waals surface area contributed by atoms with Crippen LogP contribution < -0.4 is 5.32 Å². The first kappa shape index (κ1) is 14.1. The Balaban J connectivity index is 1.81. The fraction of sp³-hybridized carbons (Fsp3) is 0.312. The molecule has 3 heteroatoms. The molecule has 1 aromatic heterocycles. The second-order valence-electron chi connectivity index (χ2n) is 4.43. The van der Waals surface area contributed by atoms with Crippen LogP contribution in [-0.2, 0) is 12.3 Å².